The molecule has 0 radical (unpaired) electrons. The van der Waals surface area contributed by atoms with Crippen LogP contribution in [0.3, 0.4) is 0 Å². The summed E-state index contributed by atoms with van der Waals surface area (Å²) in [4.78, 5) is 25.0. The maximum Gasteiger partial charge on any atom is 0.339 e. The maximum atomic E-state index is 12.6. The van der Waals surface area contributed by atoms with Crippen molar-refractivity contribution in [2.45, 2.75) is 13.3 Å². The van der Waals surface area contributed by atoms with Crippen molar-refractivity contribution in [2.24, 2.45) is 5.92 Å². The highest BCUT2D eigenvalue weighted by atomic mass is 79.9. The highest BCUT2D eigenvalue weighted by molar-refractivity contribution is 9.10. The topological polar surface area (TPSA) is 66.4 Å². The van der Waals surface area contributed by atoms with Crippen LogP contribution in [0.4, 0.5) is 5.69 Å². The smallest absolute Gasteiger partial charge is 0.339 e. The van der Waals surface area contributed by atoms with Gasteiger partial charge in [0.05, 0.1) is 10.6 Å². The van der Waals surface area contributed by atoms with Crippen molar-refractivity contribution in [2.75, 3.05) is 5.32 Å². The average molecular weight is 444 g/mol. The summed E-state index contributed by atoms with van der Waals surface area (Å²) in [5, 5.41) is 14.2. The summed E-state index contributed by atoms with van der Waals surface area (Å²) in [6.07, 6.45) is 0.596. The number of thiophene rings is 1. The first-order valence-corrected chi connectivity index (χ1v) is 10.1. The van der Waals surface area contributed by atoms with Crippen LogP contribution in [-0.2, 0) is 11.2 Å². The number of benzene rings is 2. The molecule has 2 N–H and O–H groups in total. The lowest BCUT2D eigenvalue weighted by Crippen LogP contribution is -2.23. The first-order valence-electron chi connectivity index (χ1n) is 8.41. The van der Waals surface area contributed by atoms with Crippen LogP contribution in [0.1, 0.15) is 22.8 Å². The van der Waals surface area contributed by atoms with Crippen LogP contribution in [0.15, 0.2) is 64.5 Å². The van der Waals surface area contributed by atoms with Gasteiger partial charge in [0.15, 0.2) is 0 Å². The minimum Gasteiger partial charge on any atom is -0.478 e. The molecule has 1 amide bonds. The van der Waals surface area contributed by atoms with Crippen LogP contribution in [0.5, 0.6) is 0 Å². The fourth-order valence-electron chi connectivity index (χ4n) is 2.79. The molecule has 1 aromatic heterocycles. The van der Waals surface area contributed by atoms with Gasteiger partial charge in [-0.25, -0.2) is 4.79 Å². The normalized spacial score (nSPS) is 11.8. The first kappa shape index (κ1) is 19.3. The summed E-state index contributed by atoms with van der Waals surface area (Å²) in [5.41, 5.74) is 2.34. The molecule has 138 valence electrons. The minimum atomic E-state index is -1.06. The van der Waals surface area contributed by atoms with Crippen molar-refractivity contribution in [3.63, 3.8) is 0 Å². The molecule has 3 aromatic rings. The van der Waals surface area contributed by atoms with Crippen LogP contribution >= 0.6 is 27.3 Å². The number of carbonyl (C=O) groups excluding carboxylic acids is 1. The second-order valence-electron chi connectivity index (χ2n) is 6.25. The van der Waals surface area contributed by atoms with Gasteiger partial charge in [0.25, 0.3) is 0 Å². The van der Waals surface area contributed by atoms with Crippen molar-refractivity contribution in [3.8, 4) is 10.4 Å². The zero-order valence-corrected chi connectivity index (χ0v) is 17.0. The Morgan fingerprint density at radius 3 is 2.41 bits per heavy atom. The summed E-state index contributed by atoms with van der Waals surface area (Å²) < 4.78 is 0.919. The van der Waals surface area contributed by atoms with E-state index in [1.54, 1.807) is 5.38 Å². The quantitative estimate of drug-likeness (QED) is 0.513. The van der Waals surface area contributed by atoms with Crippen molar-refractivity contribution >= 4 is 44.8 Å². The molecule has 27 heavy (non-hydrogen) atoms. The monoisotopic (exact) mass is 443 g/mol. The Hall–Kier alpha value is -2.44. The zero-order valence-electron chi connectivity index (χ0n) is 14.6. The van der Waals surface area contributed by atoms with E-state index in [4.69, 9.17) is 0 Å². The molecule has 1 atom stereocenters. The van der Waals surface area contributed by atoms with E-state index in [2.05, 4.69) is 21.2 Å². The molecule has 4 nitrogen and oxygen atoms in total. The molecule has 0 saturated heterocycles. The number of carboxylic acid groups (broad SMARTS) is 1. The third kappa shape index (κ3) is 4.64. The number of anilines is 1. The molecule has 0 aliphatic rings. The molecule has 0 aliphatic heterocycles. The van der Waals surface area contributed by atoms with Gasteiger partial charge in [-0.15, -0.1) is 11.3 Å². The summed E-state index contributed by atoms with van der Waals surface area (Å²) in [6.45, 7) is 1.84. The van der Waals surface area contributed by atoms with E-state index in [1.165, 1.54) is 11.3 Å². The highest BCUT2D eigenvalue weighted by Crippen LogP contribution is 2.36. The minimum absolute atomic E-state index is 0.127. The number of carbonyl (C=O) groups is 2. The van der Waals surface area contributed by atoms with Gasteiger partial charge in [-0.1, -0.05) is 65.3 Å². The van der Waals surface area contributed by atoms with Crippen LogP contribution in [0.2, 0.25) is 0 Å². The number of nitrogens with one attached hydrogen (secondary N) is 1. The van der Waals surface area contributed by atoms with Gasteiger partial charge in [-0.05, 0) is 29.7 Å². The predicted molar refractivity (Wildman–Crippen MR) is 112 cm³/mol. The number of aromatic carboxylic acids is 1. The Kier molecular flexibility index (Phi) is 6.08. The third-order valence-corrected chi connectivity index (χ3v) is 5.76. The second kappa shape index (κ2) is 8.50. The Balaban J connectivity index is 1.81. The first-order chi connectivity index (χ1) is 13.0. The van der Waals surface area contributed by atoms with Crippen LogP contribution in [0.25, 0.3) is 10.4 Å². The van der Waals surface area contributed by atoms with Gasteiger partial charge < -0.3 is 10.4 Å². The van der Waals surface area contributed by atoms with Crippen LogP contribution in [-0.4, -0.2) is 17.0 Å². The van der Waals surface area contributed by atoms with E-state index < -0.39 is 5.97 Å². The summed E-state index contributed by atoms with van der Waals surface area (Å²) >= 11 is 4.69. The largest absolute Gasteiger partial charge is 0.478 e. The Labute approximate surface area is 170 Å². The number of hydrogen-bond acceptors (Lipinski definition) is 3. The van der Waals surface area contributed by atoms with Gasteiger partial charge >= 0.3 is 5.97 Å². The maximum absolute atomic E-state index is 12.6. The number of halogens is 1. The lowest BCUT2D eigenvalue weighted by atomic mass is 10.00. The van der Waals surface area contributed by atoms with Gasteiger partial charge in [-0.2, -0.15) is 0 Å². The summed E-state index contributed by atoms with van der Waals surface area (Å²) in [6, 6.07) is 17.2. The lowest BCUT2D eigenvalue weighted by Gasteiger charge is -2.12. The van der Waals surface area contributed by atoms with Crippen molar-refractivity contribution in [1.29, 1.82) is 0 Å². The van der Waals surface area contributed by atoms with E-state index in [0.29, 0.717) is 17.0 Å². The number of hydrogen-bond donors (Lipinski definition) is 2. The number of amides is 1. The van der Waals surface area contributed by atoms with Crippen molar-refractivity contribution < 1.29 is 14.7 Å². The van der Waals surface area contributed by atoms with E-state index in [1.807, 2.05) is 61.5 Å². The van der Waals surface area contributed by atoms with Gasteiger partial charge in [-0.3, -0.25) is 4.79 Å². The fourth-order valence-corrected chi connectivity index (χ4v) is 4.06. The molecule has 0 spiro atoms. The number of rotatable bonds is 6. The highest BCUT2D eigenvalue weighted by Gasteiger charge is 2.23. The Bertz CT molecular complexity index is 951. The standard InChI is InChI=1S/C21H18BrNO3S/c1-13(11-14-5-3-2-4-6-14)20(24)23-17-12-27-19(18(17)21(25)26)15-7-9-16(22)10-8-15/h2-10,12-13H,11H2,1H3,(H,23,24)(H,25,26). The summed E-state index contributed by atoms with van der Waals surface area (Å²) in [7, 11) is 0. The Morgan fingerprint density at radius 1 is 1.11 bits per heavy atom. The molecule has 6 heteroatoms. The molecule has 0 saturated carbocycles. The van der Waals surface area contributed by atoms with Gasteiger partial charge in [0.1, 0.15) is 5.56 Å². The Morgan fingerprint density at radius 2 is 1.78 bits per heavy atom. The molecule has 2 aromatic carbocycles. The average Bonchev–Trinajstić information content (AvgIpc) is 3.07. The van der Waals surface area contributed by atoms with E-state index in [0.717, 1.165) is 15.6 Å². The predicted octanol–water partition coefficient (Wildman–Crippen LogP) is 5.69. The molecule has 1 heterocycles. The zero-order chi connectivity index (χ0) is 19.4. The molecule has 1 unspecified atom stereocenters. The fraction of sp³-hybridized carbons (Fsp3) is 0.143. The molecule has 0 fully saturated rings. The van der Waals surface area contributed by atoms with Gasteiger partial charge in [0, 0.05) is 15.8 Å². The van der Waals surface area contributed by atoms with Crippen LogP contribution < -0.4 is 5.32 Å². The van der Waals surface area contributed by atoms with Crippen LogP contribution in [0, 0.1) is 5.92 Å². The van der Waals surface area contributed by atoms with E-state index in [9.17, 15) is 14.7 Å². The molecular formula is C21H18BrNO3S. The number of carboxylic acids is 1. The second-order valence-corrected chi connectivity index (χ2v) is 8.04. The van der Waals surface area contributed by atoms with E-state index in [-0.39, 0.29) is 17.4 Å². The molecule has 0 aliphatic carbocycles. The lowest BCUT2D eigenvalue weighted by molar-refractivity contribution is -0.119. The van der Waals surface area contributed by atoms with E-state index >= 15 is 0 Å². The summed E-state index contributed by atoms with van der Waals surface area (Å²) in [5.74, 6) is -1.52. The molecule has 0 bridgehead atoms. The van der Waals surface area contributed by atoms with Crippen molar-refractivity contribution in [3.05, 3.63) is 75.6 Å². The SMILES string of the molecule is CC(Cc1ccccc1)C(=O)Nc1csc(-c2ccc(Br)cc2)c1C(=O)O. The molecule has 3 rings (SSSR count). The molecular weight excluding hydrogens is 426 g/mol. The van der Waals surface area contributed by atoms with Gasteiger partial charge in [0.2, 0.25) is 5.91 Å². The third-order valence-electron chi connectivity index (χ3n) is 4.20. The van der Waals surface area contributed by atoms with Crippen molar-refractivity contribution in [1.82, 2.24) is 0 Å².